The molecule has 110 valence electrons. The topological polar surface area (TPSA) is 33.7 Å². The standard InChI is InChI=1S/C16H24N2O2/c1-19-16-5-4-14(18-7-9-20-10-8-18)11-15(16)13-3-2-6-17-12-13/h4-5,11,13,17H,2-3,6-10,12H2,1H3. The van der Waals surface area contributed by atoms with Crippen LogP contribution in [0.2, 0.25) is 0 Å². The zero-order valence-corrected chi connectivity index (χ0v) is 12.2. The van der Waals surface area contributed by atoms with Gasteiger partial charge < -0.3 is 19.7 Å². The molecule has 0 aliphatic carbocycles. The van der Waals surface area contributed by atoms with Gasteiger partial charge in [0.25, 0.3) is 0 Å². The quantitative estimate of drug-likeness (QED) is 0.915. The van der Waals surface area contributed by atoms with Gasteiger partial charge in [-0.1, -0.05) is 0 Å². The van der Waals surface area contributed by atoms with Crippen LogP contribution in [0.25, 0.3) is 0 Å². The molecule has 0 saturated carbocycles. The van der Waals surface area contributed by atoms with Crippen molar-refractivity contribution >= 4 is 5.69 Å². The Morgan fingerprint density at radius 2 is 2.15 bits per heavy atom. The van der Waals surface area contributed by atoms with Crippen molar-refractivity contribution in [3.05, 3.63) is 23.8 Å². The first kappa shape index (κ1) is 13.7. The lowest BCUT2D eigenvalue weighted by molar-refractivity contribution is 0.122. The lowest BCUT2D eigenvalue weighted by Gasteiger charge is -2.31. The summed E-state index contributed by atoms with van der Waals surface area (Å²) in [5.41, 5.74) is 2.65. The van der Waals surface area contributed by atoms with Gasteiger partial charge in [-0.3, -0.25) is 0 Å². The van der Waals surface area contributed by atoms with Gasteiger partial charge in [0, 0.05) is 36.8 Å². The molecule has 1 aromatic carbocycles. The number of methoxy groups -OCH3 is 1. The van der Waals surface area contributed by atoms with Gasteiger partial charge in [-0.25, -0.2) is 0 Å². The normalized spacial score (nSPS) is 23.6. The largest absolute Gasteiger partial charge is 0.496 e. The molecular weight excluding hydrogens is 252 g/mol. The second kappa shape index (κ2) is 6.46. The van der Waals surface area contributed by atoms with Crippen LogP contribution in [-0.4, -0.2) is 46.5 Å². The summed E-state index contributed by atoms with van der Waals surface area (Å²) in [7, 11) is 1.77. The number of rotatable bonds is 3. The minimum atomic E-state index is 0.569. The van der Waals surface area contributed by atoms with E-state index < -0.39 is 0 Å². The van der Waals surface area contributed by atoms with Gasteiger partial charge in [-0.2, -0.15) is 0 Å². The van der Waals surface area contributed by atoms with Gasteiger partial charge in [0.15, 0.2) is 0 Å². The average Bonchev–Trinajstić information content (AvgIpc) is 2.56. The molecule has 3 rings (SSSR count). The molecule has 1 atom stereocenters. The molecule has 1 aromatic rings. The summed E-state index contributed by atoms with van der Waals surface area (Å²) in [5.74, 6) is 1.59. The maximum absolute atomic E-state index is 5.57. The van der Waals surface area contributed by atoms with Crippen molar-refractivity contribution in [1.29, 1.82) is 0 Å². The van der Waals surface area contributed by atoms with Gasteiger partial charge in [0.1, 0.15) is 5.75 Å². The fourth-order valence-corrected chi connectivity index (χ4v) is 3.18. The number of anilines is 1. The molecule has 2 heterocycles. The first-order chi connectivity index (χ1) is 9.88. The van der Waals surface area contributed by atoms with Crippen molar-refractivity contribution in [3.63, 3.8) is 0 Å². The van der Waals surface area contributed by atoms with E-state index >= 15 is 0 Å². The van der Waals surface area contributed by atoms with E-state index in [0.29, 0.717) is 5.92 Å². The number of benzene rings is 1. The molecule has 2 aliphatic heterocycles. The highest BCUT2D eigenvalue weighted by Crippen LogP contribution is 2.34. The lowest BCUT2D eigenvalue weighted by Crippen LogP contribution is -2.36. The zero-order valence-electron chi connectivity index (χ0n) is 12.2. The summed E-state index contributed by atoms with van der Waals surface area (Å²) in [5, 5.41) is 3.49. The third kappa shape index (κ3) is 2.91. The number of nitrogens with one attached hydrogen (secondary N) is 1. The second-order valence-electron chi connectivity index (χ2n) is 5.57. The van der Waals surface area contributed by atoms with E-state index in [-0.39, 0.29) is 0 Å². The molecule has 4 heteroatoms. The fraction of sp³-hybridized carbons (Fsp3) is 0.625. The van der Waals surface area contributed by atoms with Crippen LogP contribution in [-0.2, 0) is 4.74 Å². The van der Waals surface area contributed by atoms with Crippen LogP contribution in [0.5, 0.6) is 5.75 Å². The molecule has 0 bridgehead atoms. The summed E-state index contributed by atoms with van der Waals surface area (Å²) in [6.07, 6.45) is 2.49. The maximum atomic E-state index is 5.57. The number of ether oxygens (including phenoxy) is 2. The molecule has 20 heavy (non-hydrogen) atoms. The van der Waals surface area contributed by atoms with E-state index in [4.69, 9.17) is 9.47 Å². The van der Waals surface area contributed by atoms with Crippen LogP contribution in [0, 0.1) is 0 Å². The number of hydrogen-bond donors (Lipinski definition) is 1. The molecule has 1 unspecified atom stereocenters. The number of piperidine rings is 1. The number of morpholine rings is 1. The number of nitrogens with zero attached hydrogens (tertiary/aromatic N) is 1. The van der Waals surface area contributed by atoms with Gasteiger partial charge in [0.05, 0.1) is 20.3 Å². The summed E-state index contributed by atoms with van der Waals surface area (Å²) >= 11 is 0. The van der Waals surface area contributed by atoms with Crippen LogP contribution in [0.4, 0.5) is 5.69 Å². The van der Waals surface area contributed by atoms with Crippen LogP contribution in [0.3, 0.4) is 0 Å². The van der Waals surface area contributed by atoms with E-state index in [1.807, 2.05) is 0 Å². The molecule has 2 saturated heterocycles. The van der Waals surface area contributed by atoms with E-state index in [0.717, 1.165) is 45.1 Å². The minimum absolute atomic E-state index is 0.569. The van der Waals surface area contributed by atoms with Crippen LogP contribution in [0.15, 0.2) is 18.2 Å². The third-order valence-corrected chi connectivity index (χ3v) is 4.33. The Hall–Kier alpha value is -1.26. The Morgan fingerprint density at radius 1 is 1.30 bits per heavy atom. The molecule has 2 fully saturated rings. The summed E-state index contributed by atoms with van der Waals surface area (Å²) in [4.78, 5) is 2.41. The van der Waals surface area contributed by atoms with Gasteiger partial charge in [0.2, 0.25) is 0 Å². The SMILES string of the molecule is COc1ccc(N2CCOCC2)cc1C1CCCNC1. The molecule has 0 aromatic heterocycles. The Labute approximate surface area is 121 Å². The van der Waals surface area contributed by atoms with Crippen molar-refractivity contribution in [2.24, 2.45) is 0 Å². The van der Waals surface area contributed by atoms with Gasteiger partial charge in [-0.05, 0) is 37.6 Å². The predicted octanol–water partition coefficient (Wildman–Crippen LogP) is 2.00. The molecular formula is C16H24N2O2. The van der Waals surface area contributed by atoms with Crippen molar-refractivity contribution in [1.82, 2.24) is 5.32 Å². The highest BCUT2D eigenvalue weighted by molar-refractivity contribution is 5.54. The van der Waals surface area contributed by atoms with Crippen molar-refractivity contribution in [2.45, 2.75) is 18.8 Å². The molecule has 1 N–H and O–H groups in total. The van der Waals surface area contributed by atoms with Crippen LogP contribution in [0.1, 0.15) is 24.3 Å². The fourth-order valence-electron chi connectivity index (χ4n) is 3.18. The number of hydrogen-bond acceptors (Lipinski definition) is 4. The van der Waals surface area contributed by atoms with Gasteiger partial charge >= 0.3 is 0 Å². The van der Waals surface area contributed by atoms with Crippen molar-refractivity contribution < 1.29 is 9.47 Å². The highest BCUT2D eigenvalue weighted by atomic mass is 16.5. The minimum Gasteiger partial charge on any atom is -0.496 e. The van der Waals surface area contributed by atoms with E-state index in [1.165, 1.54) is 24.1 Å². The summed E-state index contributed by atoms with van der Waals surface area (Å²) in [6.45, 7) is 5.81. The first-order valence-electron chi connectivity index (χ1n) is 7.60. The van der Waals surface area contributed by atoms with Crippen molar-refractivity contribution in [2.75, 3.05) is 51.4 Å². The molecule has 4 nitrogen and oxygen atoms in total. The summed E-state index contributed by atoms with van der Waals surface area (Å²) < 4.78 is 11.0. The van der Waals surface area contributed by atoms with Crippen LogP contribution < -0.4 is 15.0 Å². The highest BCUT2D eigenvalue weighted by Gasteiger charge is 2.21. The lowest BCUT2D eigenvalue weighted by atomic mass is 9.90. The summed E-state index contributed by atoms with van der Waals surface area (Å²) in [6, 6.07) is 6.61. The Balaban J connectivity index is 1.85. The van der Waals surface area contributed by atoms with Crippen LogP contribution >= 0.6 is 0 Å². The van der Waals surface area contributed by atoms with E-state index in [1.54, 1.807) is 7.11 Å². The first-order valence-corrected chi connectivity index (χ1v) is 7.60. The monoisotopic (exact) mass is 276 g/mol. The van der Waals surface area contributed by atoms with E-state index in [9.17, 15) is 0 Å². The average molecular weight is 276 g/mol. The molecule has 2 aliphatic rings. The predicted molar refractivity (Wildman–Crippen MR) is 80.9 cm³/mol. The maximum Gasteiger partial charge on any atom is 0.122 e. The molecule has 0 radical (unpaired) electrons. The van der Waals surface area contributed by atoms with E-state index in [2.05, 4.69) is 28.4 Å². The molecule has 0 spiro atoms. The second-order valence-corrected chi connectivity index (χ2v) is 5.57. The third-order valence-electron chi connectivity index (χ3n) is 4.33. The van der Waals surface area contributed by atoms with Crippen molar-refractivity contribution in [3.8, 4) is 5.75 Å². The zero-order chi connectivity index (χ0) is 13.8. The molecule has 0 amide bonds. The smallest absolute Gasteiger partial charge is 0.122 e. The Bertz CT molecular complexity index is 438. The Kier molecular flexibility index (Phi) is 4.43. The Morgan fingerprint density at radius 3 is 2.85 bits per heavy atom. The van der Waals surface area contributed by atoms with Gasteiger partial charge in [-0.15, -0.1) is 0 Å².